The average molecular weight is 230 g/mol. The van der Waals surface area contributed by atoms with Gasteiger partial charge < -0.3 is 0 Å². The quantitative estimate of drug-likeness (QED) is 0.695. The molecule has 0 amide bonds. The molecule has 0 N–H and O–H groups in total. The van der Waals surface area contributed by atoms with Gasteiger partial charge in [-0.3, -0.25) is 4.79 Å². The van der Waals surface area contributed by atoms with E-state index in [-0.39, 0.29) is 5.78 Å². The Morgan fingerprint density at radius 1 is 1.12 bits per heavy atom. The van der Waals surface area contributed by atoms with Crippen LogP contribution in [-0.4, -0.2) is 5.78 Å². The van der Waals surface area contributed by atoms with E-state index < -0.39 is 0 Å². The highest BCUT2D eigenvalue weighted by atomic mass is 16.1. The predicted octanol–water partition coefficient (Wildman–Crippen LogP) is 4.57. The molecule has 0 aromatic heterocycles. The van der Waals surface area contributed by atoms with Crippen LogP contribution in [0.2, 0.25) is 0 Å². The Labute approximate surface area is 104 Å². The molecule has 0 radical (unpaired) electrons. The first kappa shape index (κ1) is 12.3. The molecule has 17 heavy (non-hydrogen) atoms. The first-order chi connectivity index (χ1) is 8.18. The summed E-state index contributed by atoms with van der Waals surface area (Å²) in [6.07, 6.45) is 6.93. The maximum Gasteiger partial charge on any atom is 0.159 e. The van der Waals surface area contributed by atoms with Gasteiger partial charge in [0.05, 0.1) is 0 Å². The van der Waals surface area contributed by atoms with Crippen LogP contribution in [-0.2, 0) is 0 Å². The highest BCUT2D eigenvalue weighted by Crippen LogP contribution is 2.35. The standard InChI is InChI=1S/C16H22O/c1-12(14-6-4-3-5-7-14)15-8-10-16(11-9-15)13(2)17/h8-12,14H,3-7H2,1-2H3. The summed E-state index contributed by atoms with van der Waals surface area (Å²) < 4.78 is 0. The van der Waals surface area contributed by atoms with Crippen LogP contribution in [0.15, 0.2) is 24.3 Å². The van der Waals surface area contributed by atoms with Crippen molar-refractivity contribution in [3.05, 3.63) is 35.4 Å². The van der Waals surface area contributed by atoms with Crippen LogP contribution in [0.3, 0.4) is 0 Å². The van der Waals surface area contributed by atoms with Gasteiger partial charge in [0.2, 0.25) is 0 Å². The summed E-state index contributed by atoms with van der Waals surface area (Å²) in [6, 6.07) is 8.21. The predicted molar refractivity (Wildman–Crippen MR) is 71.4 cm³/mol. The number of hydrogen-bond donors (Lipinski definition) is 0. The monoisotopic (exact) mass is 230 g/mol. The maximum atomic E-state index is 11.2. The van der Waals surface area contributed by atoms with Gasteiger partial charge in [-0.25, -0.2) is 0 Å². The van der Waals surface area contributed by atoms with Gasteiger partial charge in [0, 0.05) is 5.56 Å². The van der Waals surface area contributed by atoms with Gasteiger partial charge >= 0.3 is 0 Å². The fourth-order valence-corrected chi connectivity index (χ4v) is 2.93. The number of ketones is 1. The zero-order valence-electron chi connectivity index (χ0n) is 10.9. The summed E-state index contributed by atoms with van der Waals surface area (Å²) >= 11 is 0. The van der Waals surface area contributed by atoms with Gasteiger partial charge in [-0.1, -0.05) is 50.5 Å². The highest BCUT2D eigenvalue weighted by molar-refractivity contribution is 5.94. The second-order valence-electron chi connectivity index (χ2n) is 5.36. The van der Waals surface area contributed by atoms with E-state index in [0.29, 0.717) is 5.92 Å². The largest absolute Gasteiger partial charge is 0.295 e. The van der Waals surface area contributed by atoms with Gasteiger partial charge in [0.1, 0.15) is 0 Å². The van der Waals surface area contributed by atoms with Gasteiger partial charge in [-0.05, 0) is 37.2 Å². The molecule has 1 aromatic rings. The molecular formula is C16H22O. The number of rotatable bonds is 3. The third kappa shape index (κ3) is 2.96. The summed E-state index contributed by atoms with van der Waals surface area (Å²) in [6.45, 7) is 3.96. The molecule has 1 unspecified atom stereocenters. The first-order valence-corrected chi connectivity index (χ1v) is 6.79. The number of hydrogen-bond acceptors (Lipinski definition) is 1. The van der Waals surface area contributed by atoms with Crippen molar-refractivity contribution in [1.29, 1.82) is 0 Å². The Bertz CT molecular complexity index is 371. The van der Waals surface area contributed by atoms with E-state index in [1.54, 1.807) is 6.92 Å². The van der Waals surface area contributed by atoms with Crippen LogP contribution in [0, 0.1) is 5.92 Å². The topological polar surface area (TPSA) is 17.1 Å². The van der Waals surface area contributed by atoms with Crippen molar-refractivity contribution in [2.24, 2.45) is 5.92 Å². The lowest BCUT2D eigenvalue weighted by Gasteiger charge is -2.28. The van der Waals surface area contributed by atoms with Gasteiger partial charge in [-0.2, -0.15) is 0 Å². The maximum absolute atomic E-state index is 11.2. The van der Waals surface area contributed by atoms with E-state index in [1.807, 2.05) is 12.1 Å². The van der Waals surface area contributed by atoms with Crippen molar-refractivity contribution >= 4 is 5.78 Å². The lowest BCUT2D eigenvalue weighted by Crippen LogP contribution is -2.13. The third-order valence-electron chi connectivity index (χ3n) is 4.20. The highest BCUT2D eigenvalue weighted by Gasteiger charge is 2.21. The number of benzene rings is 1. The van der Waals surface area contributed by atoms with E-state index in [0.717, 1.165) is 11.5 Å². The Morgan fingerprint density at radius 2 is 1.71 bits per heavy atom. The van der Waals surface area contributed by atoms with Crippen molar-refractivity contribution in [2.75, 3.05) is 0 Å². The fourth-order valence-electron chi connectivity index (χ4n) is 2.93. The van der Waals surface area contributed by atoms with Crippen LogP contribution in [0.4, 0.5) is 0 Å². The molecule has 0 saturated heterocycles. The number of carbonyl (C=O) groups excluding carboxylic acids is 1. The Kier molecular flexibility index (Phi) is 3.98. The smallest absolute Gasteiger partial charge is 0.159 e. The van der Waals surface area contributed by atoms with E-state index in [4.69, 9.17) is 0 Å². The van der Waals surface area contributed by atoms with Crippen molar-refractivity contribution in [3.8, 4) is 0 Å². The van der Waals surface area contributed by atoms with Crippen molar-refractivity contribution in [2.45, 2.75) is 51.9 Å². The molecule has 2 rings (SSSR count). The molecular weight excluding hydrogens is 208 g/mol. The van der Waals surface area contributed by atoms with Crippen LogP contribution >= 0.6 is 0 Å². The fraction of sp³-hybridized carbons (Fsp3) is 0.562. The van der Waals surface area contributed by atoms with Crippen LogP contribution in [0.1, 0.15) is 67.8 Å². The summed E-state index contributed by atoms with van der Waals surface area (Å²) in [5.74, 6) is 1.63. The third-order valence-corrected chi connectivity index (χ3v) is 4.20. The molecule has 1 nitrogen and oxygen atoms in total. The molecule has 1 fully saturated rings. The van der Waals surface area contributed by atoms with E-state index in [9.17, 15) is 4.79 Å². The molecule has 0 heterocycles. The van der Waals surface area contributed by atoms with E-state index >= 15 is 0 Å². The normalized spacial score (nSPS) is 18.9. The molecule has 1 heteroatoms. The van der Waals surface area contributed by atoms with Gasteiger partial charge in [0.25, 0.3) is 0 Å². The van der Waals surface area contributed by atoms with E-state index in [2.05, 4.69) is 19.1 Å². The van der Waals surface area contributed by atoms with Crippen LogP contribution < -0.4 is 0 Å². The minimum Gasteiger partial charge on any atom is -0.295 e. The second-order valence-corrected chi connectivity index (χ2v) is 5.36. The lowest BCUT2D eigenvalue weighted by atomic mass is 9.78. The molecule has 0 aliphatic heterocycles. The average Bonchev–Trinajstić information content (AvgIpc) is 2.39. The summed E-state index contributed by atoms with van der Waals surface area (Å²) in [5.41, 5.74) is 2.21. The Hall–Kier alpha value is -1.11. The van der Waals surface area contributed by atoms with Gasteiger partial charge in [0.15, 0.2) is 5.78 Å². The molecule has 1 aliphatic rings. The molecule has 0 spiro atoms. The summed E-state index contributed by atoms with van der Waals surface area (Å²) in [5, 5.41) is 0. The van der Waals surface area contributed by atoms with Crippen molar-refractivity contribution < 1.29 is 4.79 Å². The molecule has 1 saturated carbocycles. The molecule has 92 valence electrons. The number of Topliss-reactive ketones (excluding diaryl/α,β-unsaturated/α-hetero) is 1. The van der Waals surface area contributed by atoms with Crippen molar-refractivity contribution in [3.63, 3.8) is 0 Å². The molecule has 1 atom stereocenters. The SMILES string of the molecule is CC(=O)c1ccc(C(C)C2CCCCC2)cc1. The minimum atomic E-state index is 0.155. The van der Waals surface area contributed by atoms with Crippen LogP contribution in [0.25, 0.3) is 0 Å². The molecule has 1 aromatic carbocycles. The summed E-state index contributed by atoms with van der Waals surface area (Å²) in [7, 11) is 0. The lowest BCUT2D eigenvalue weighted by molar-refractivity contribution is 0.101. The minimum absolute atomic E-state index is 0.155. The van der Waals surface area contributed by atoms with Gasteiger partial charge in [-0.15, -0.1) is 0 Å². The molecule has 0 bridgehead atoms. The number of carbonyl (C=O) groups is 1. The molecule has 1 aliphatic carbocycles. The van der Waals surface area contributed by atoms with Crippen molar-refractivity contribution in [1.82, 2.24) is 0 Å². The van der Waals surface area contributed by atoms with Crippen LogP contribution in [0.5, 0.6) is 0 Å². The summed E-state index contributed by atoms with van der Waals surface area (Å²) in [4.78, 5) is 11.2. The zero-order valence-corrected chi connectivity index (χ0v) is 10.9. The first-order valence-electron chi connectivity index (χ1n) is 6.79. The Morgan fingerprint density at radius 3 is 2.24 bits per heavy atom. The second kappa shape index (κ2) is 5.48. The zero-order chi connectivity index (χ0) is 12.3. The Balaban J connectivity index is 2.07. The van der Waals surface area contributed by atoms with E-state index in [1.165, 1.54) is 37.7 Å².